The molecule has 0 radical (unpaired) electrons. The number of hydrogen-bond donors (Lipinski definition) is 2. The van der Waals surface area contributed by atoms with Crippen LogP contribution in [0.4, 0.5) is 10.8 Å². The van der Waals surface area contributed by atoms with E-state index in [4.69, 9.17) is 28.4 Å². The van der Waals surface area contributed by atoms with Crippen molar-refractivity contribution in [1.82, 2.24) is 4.98 Å². The van der Waals surface area contributed by atoms with Crippen molar-refractivity contribution in [2.45, 2.75) is 13.3 Å². The Hall–Kier alpha value is -1.30. The highest BCUT2D eigenvalue weighted by atomic mass is 35.5. The van der Waals surface area contributed by atoms with E-state index in [2.05, 4.69) is 15.5 Å². The van der Waals surface area contributed by atoms with Gasteiger partial charge in [-0.05, 0) is 25.1 Å². The summed E-state index contributed by atoms with van der Waals surface area (Å²) in [5.74, 6) is 0. The van der Waals surface area contributed by atoms with Crippen LogP contribution in [-0.2, 0) is 6.42 Å². The number of halogens is 2. The van der Waals surface area contributed by atoms with Crippen molar-refractivity contribution >= 4 is 51.6 Å². The quantitative estimate of drug-likeness (QED) is 0.496. The van der Waals surface area contributed by atoms with E-state index in [-0.39, 0.29) is 0 Å². The molecule has 1 aromatic carbocycles. The zero-order valence-electron chi connectivity index (χ0n) is 10.0. The van der Waals surface area contributed by atoms with Crippen molar-refractivity contribution in [3.05, 3.63) is 38.8 Å². The molecule has 0 aliphatic rings. The van der Waals surface area contributed by atoms with Crippen molar-refractivity contribution < 1.29 is 5.21 Å². The van der Waals surface area contributed by atoms with Crippen LogP contribution in [0.1, 0.15) is 10.6 Å². The van der Waals surface area contributed by atoms with Crippen molar-refractivity contribution in [1.29, 1.82) is 0 Å². The van der Waals surface area contributed by atoms with Crippen LogP contribution < -0.4 is 5.32 Å². The maximum atomic E-state index is 8.43. The van der Waals surface area contributed by atoms with E-state index in [1.807, 2.05) is 6.92 Å². The van der Waals surface area contributed by atoms with E-state index in [1.165, 1.54) is 17.6 Å². The number of rotatable bonds is 4. The monoisotopic (exact) mass is 315 g/mol. The maximum absolute atomic E-state index is 8.43. The van der Waals surface area contributed by atoms with Crippen LogP contribution in [0.2, 0.25) is 10.0 Å². The van der Waals surface area contributed by atoms with Gasteiger partial charge in [-0.25, -0.2) is 4.98 Å². The molecule has 0 saturated carbocycles. The zero-order chi connectivity index (χ0) is 13.8. The molecule has 7 heteroatoms. The lowest BCUT2D eigenvalue weighted by atomic mass is 10.3. The van der Waals surface area contributed by atoms with Gasteiger partial charge in [-0.1, -0.05) is 23.2 Å². The van der Waals surface area contributed by atoms with Crippen LogP contribution in [0.3, 0.4) is 0 Å². The highest BCUT2D eigenvalue weighted by Gasteiger charge is 2.08. The van der Waals surface area contributed by atoms with Gasteiger partial charge in [-0.3, -0.25) is 0 Å². The third-order valence-corrected chi connectivity index (χ3v) is 4.07. The largest absolute Gasteiger partial charge is 0.411 e. The molecule has 1 aromatic heterocycles. The van der Waals surface area contributed by atoms with Crippen LogP contribution in [0.15, 0.2) is 23.4 Å². The number of hydrogen-bond acceptors (Lipinski definition) is 5. The molecule has 0 aliphatic carbocycles. The third kappa shape index (κ3) is 3.59. The number of nitrogens with one attached hydrogen (secondary N) is 1. The van der Waals surface area contributed by atoms with Crippen molar-refractivity contribution in [3.8, 4) is 0 Å². The lowest BCUT2D eigenvalue weighted by molar-refractivity contribution is 0.321. The highest BCUT2D eigenvalue weighted by Crippen LogP contribution is 2.31. The molecule has 100 valence electrons. The summed E-state index contributed by atoms with van der Waals surface area (Å²) in [6.07, 6.45) is 1.98. The second-order valence-electron chi connectivity index (χ2n) is 3.78. The molecule has 4 nitrogen and oxygen atoms in total. The van der Waals surface area contributed by atoms with E-state index in [0.29, 0.717) is 16.5 Å². The summed E-state index contributed by atoms with van der Waals surface area (Å²) < 4.78 is 0. The Morgan fingerprint density at radius 2 is 2.26 bits per heavy atom. The van der Waals surface area contributed by atoms with Crippen LogP contribution >= 0.6 is 34.5 Å². The van der Waals surface area contributed by atoms with Crippen LogP contribution in [0.5, 0.6) is 0 Å². The van der Waals surface area contributed by atoms with Gasteiger partial charge in [0.05, 0.1) is 16.4 Å². The molecular formula is C12H11Cl2N3OS. The summed E-state index contributed by atoms with van der Waals surface area (Å²) in [5.41, 5.74) is 1.65. The Kier molecular flexibility index (Phi) is 4.63. The lowest BCUT2D eigenvalue weighted by Gasteiger charge is -2.04. The molecule has 0 spiro atoms. The lowest BCUT2D eigenvalue weighted by Crippen LogP contribution is -1.90. The van der Waals surface area contributed by atoms with Gasteiger partial charge in [-0.2, -0.15) is 0 Å². The fraction of sp³-hybridized carbons (Fsp3) is 0.167. The predicted molar refractivity (Wildman–Crippen MR) is 80.6 cm³/mol. The van der Waals surface area contributed by atoms with Gasteiger partial charge in [-0.15, -0.1) is 16.5 Å². The summed E-state index contributed by atoms with van der Waals surface area (Å²) in [4.78, 5) is 5.43. The van der Waals surface area contributed by atoms with E-state index in [0.717, 1.165) is 21.4 Å². The minimum absolute atomic E-state index is 0.541. The van der Waals surface area contributed by atoms with Crippen molar-refractivity contribution in [2.75, 3.05) is 5.32 Å². The SMILES string of the molecule is Cc1nc(Nc2ccc(Cl)cc2Cl)sc1CC=NO. The zero-order valence-corrected chi connectivity index (χ0v) is 12.4. The number of thiazole rings is 1. The standard InChI is InChI=1S/C12H11Cl2N3OS/c1-7-11(4-5-15-18)19-12(16-7)17-10-3-2-8(13)6-9(10)14/h2-3,5-6,18H,4H2,1H3,(H,16,17). The molecule has 0 aliphatic heterocycles. The molecule has 0 bridgehead atoms. The topological polar surface area (TPSA) is 57.5 Å². The van der Waals surface area contributed by atoms with Crippen molar-refractivity contribution in [2.24, 2.45) is 5.16 Å². The smallest absolute Gasteiger partial charge is 0.187 e. The number of benzene rings is 1. The molecule has 19 heavy (non-hydrogen) atoms. The number of anilines is 2. The summed E-state index contributed by atoms with van der Waals surface area (Å²) >= 11 is 13.4. The fourth-order valence-electron chi connectivity index (χ4n) is 1.50. The average Bonchev–Trinajstić information content (AvgIpc) is 2.71. The van der Waals surface area contributed by atoms with Crippen LogP contribution in [0, 0.1) is 6.92 Å². The minimum atomic E-state index is 0.541. The van der Waals surface area contributed by atoms with E-state index < -0.39 is 0 Å². The summed E-state index contributed by atoms with van der Waals surface area (Å²) in [5, 5.41) is 16.4. The summed E-state index contributed by atoms with van der Waals surface area (Å²) in [7, 11) is 0. The first kappa shape index (κ1) is 14.1. The minimum Gasteiger partial charge on any atom is -0.411 e. The second kappa shape index (κ2) is 6.23. The average molecular weight is 316 g/mol. The Bertz CT molecular complexity index is 613. The number of aryl methyl sites for hydroxylation is 1. The van der Waals surface area contributed by atoms with Gasteiger partial charge in [0.25, 0.3) is 0 Å². The third-order valence-electron chi connectivity index (χ3n) is 2.42. The van der Waals surface area contributed by atoms with E-state index in [9.17, 15) is 0 Å². The first-order valence-corrected chi connectivity index (χ1v) is 7.01. The van der Waals surface area contributed by atoms with Gasteiger partial charge in [0.15, 0.2) is 5.13 Å². The van der Waals surface area contributed by atoms with Gasteiger partial charge in [0.1, 0.15) is 0 Å². The molecule has 2 rings (SSSR count). The van der Waals surface area contributed by atoms with E-state index >= 15 is 0 Å². The molecule has 2 aromatic rings. The van der Waals surface area contributed by atoms with Gasteiger partial charge < -0.3 is 10.5 Å². The maximum Gasteiger partial charge on any atom is 0.187 e. The number of aromatic nitrogens is 1. The number of nitrogens with zero attached hydrogens (tertiary/aromatic N) is 2. The van der Waals surface area contributed by atoms with E-state index in [1.54, 1.807) is 18.2 Å². The molecule has 0 atom stereocenters. The summed E-state index contributed by atoms with van der Waals surface area (Å²) in [6, 6.07) is 5.23. The second-order valence-corrected chi connectivity index (χ2v) is 5.71. The summed E-state index contributed by atoms with van der Waals surface area (Å²) in [6.45, 7) is 1.91. The van der Waals surface area contributed by atoms with Crippen LogP contribution in [-0.4, -0.2) is 16.4 Å². The molecule has 0 unspecified atom stereocenters. The molecular weight excluding hydrogens is 305 g/mol. The van der Waals surface area contributed by atoms with Crippen LogP contribution in [0.25, 0.3) is 0 Å². The Balaban J connectivity index is 2.19. The Morgan fingerprint density at radius 3 is 2.95 bits per heavy atom. The highest BCUT2D eigenvalue weighted by molar-refractivity contribution is 7.15. The first-order valence-electron chi connectivity index (χ1n) is 5.44. The number of oxime groups is 1. The fourth-order valence-corrected chi connectivity index (χ4v) is 2.88. The molecule has 2 N–H and O–H groups in total. The molecule has 0 amide bonds. The molecule has 1 heterocycles. The van der Waals surface area contributed by atoms with Gasteiger partial charge >= 0.3 is 0 Å². The molecule has 0 saturated heterocycles. The molecule has 0 fully saturated rings. The van der Waals surface area contributed by atoms with Crippen molar-refractivity contribution in [3.63, 3.8) is 0 Å². The first-order chi connectivity index (χ1) is 9.10. The Morgan fingerprint density at radius 1 is 1.47 bits per heavy atom. The Labute approximate surface area is 124 Å². The van der Waals surface area contributed by atoms with Gasteiger partial charge in [0, 0.05) is 22.5 Å². The normalized spacial score (nSPS) is 11.1. The predicted octanol–water partition coefficient (Wildman–Crippen LogP) is 4.50. The van der Waals surface area contributed by atoms with Gasteiger partial charge in [0.2, 0.25) is 0 Å².